The van der Waals surface area contributed by atoms with Crippen molar-refractivity contribution in [3.05, 3.63) is 120 Å². The summed E-state index contributed by atoms with van der Waals surface area (Å²) in [6, 6.07) is 20.0. The normalized spacial score (nSPS) is 18.1. The summed E-state index contributed by atoms with van der Waals surface area (Å²) in [5.41, 5.74) is 6.01. The zero-order chi connectivity index (χ0) is 23.5. The summed E-state index contributed by atoms with van der Waals surface area (Å²) in [5, 5.41) is 0. The molecule has 7 heteroatoms. The Labute approximate surface area is 203 Å². The van der Waals surface area contributed by atoms with E-state index in [0.29, 0.717) is 20.8 Å². The van der Waals surface area contributed by atoms with Gasteiger partial charge in [0.1, 0.15) is 5.82 Å². The van der Waals surface area contributed by atoms with Crippen LogP contribution >= 0.6 is 11.3 Å². The molecular formula is C28H19FN2O3S. The van der Waals surface area contributed by atoms with Gasteiger partial charge in [-0.15, -0.1) is 0 Å². The number of nitrogens with zero attached hydrogens (tertiary/aromatic N) is 2. The number of aryl methyl sites for hydroxylation is 1. The lowest BCUT2D eigenvalue weighted by atomic mass is 9.83. The fourth-order valence-electron chi connectivity index (χ4n) is 5.12. The number of halogens is 1. The third-order valence-corrected chi connectivity index (χ3v) is 7.74. The van der Waals surface area contributed by atoms with E-state index in [1.54, 1.807) is 16.7 Å². The molecule has 4 aromatic rings. The molecule has 0 unspecified atom stereocenters. The minimum absolute atomic E-state index is 0.105. The molecule has 3 aromatic carbocycles. The van der Waals surface area contributed by atoms with Crippen molar-refractivity contribution < 1.29 is 13.9 Å². The number of thiazole rings is 1. The van der Waals surface area contributed by atoms with Crippen molar-refractivity contribution in [2.75, 3.05) is 6.79 Å². The van der Waals surface area contributed by atoms with Gasteiger partial charge in [-0.25, -0.2) is 9.38 Å². The average Bonchev–Trinajstić information content (AvgIpc) is 3.47. The van der Waals surface area contributed by atoms with Gasteiger partial charge in [0.2, 0.25) is 6.79 Å². The van der Waals surface area contributed by atoms with Crippen LogP contribution in [0.2, 0.25) is 0 Å². The molecule has 1 atom stereocenters. The van der Waals surface area contributed by atoms with E-state index in [0.717, 1.165) is 40.8 Å². The summed E-state index contributed by atoms with van der Waals surface area (Å²) in [6.07, 6.45) is 3.54. The van der Waals surface area contributed by atoms with Crippen molar-refractivity contribution in [2.45, 2.75) is 18.9 Å². The lowest BCUT2D eigenvalue weighted by Gasteiger charge is -2.30. The van der Waals surface area contributed by atoms with Crippen LogP contribution in [0.15, 0.2) is 82.1 Å². The Morgan fingerprint density at radius 1 is 1.00 bits per heavy atom. The molecule has 0 radical (unpaired) electrons. The summed E-state index contributed by atoms with van der Waals surface area (Å²) >= 11 is 1.37. The maximum Gasteiger partial charge on any atom is 0.271 e. The van der Waals surface area contributed by atoms with Crippen LogP contribution in [0.25, 0.3) is 11.8 Å². The number of allylic oxidation sites excluding steroid dienone is 1. The van der Waals surface area contributed by atoms with Crippen molar-refractivity contribution in [3.8, 4) is 11.5 Å². The predicted molar refractivity (Wildman–Crippen MR) is 132 cm³/mol. The van der Waals surface area contributed by atoms with Crippen LogP contribution in [0.1, 0.15) is 34.7 Å². The number of hydrogen-bond acceptors (Lipinski definition) is 5. The van der Waals surface area contributed by atoms with Crippen molar-refractivity contribution >= 4 is 23.1 Å². The lowest BCUT2D eigenvalue weighted by Crippen LogP contribution is -2.38. The molecule has 0 saturated carbocycles. The molecular weight excluding hydrogens is 463 g/mol. The molecule has 0 bridgehead atoms. The second kappa shape index (κ2) is 7.78. The van der Waals surface area contributed by atoms with Gasteiger partial charge in [-0.05, 0) is 65.4 Å². The van der Waals surface area contributed by atoms with Crippen LogP contribution < -0.4 is 24.4 Å². The topological polar surface area (TPSA) is 52.8 Å². The Morgan fingerprint density at radius 3 is 2.71 bits per heavy atom. The SMILES string of the molecule is O=c1/c(=C\c2ccc3c(c2)OCO3)sc2n1[C@@H](c1ccc(F)cc1)C1=C(N=2)c2ccccc2CC1. The molecule has 1 aliphatic carbocycles. The van der Waals surface area contributed by atoms with Crippen LogP contribution in [0.3, 0.4) is 0 Å². The highest BCUT2D eigenvalue weighted by Gasteiger charge is 2.32. The summed E-state index contributed by atoms with van der Waals surface area (Å²) in [4.78, 5) is 19.4. The van der Waals surface area contributed by atoms with E-state index in [2.05, 4.69) is 12.1 Å². The van der Waals surface area contributed by atoms with Gasteiger partial charge in [0.25, 0.3) is 5.56 Å². The first kappa shape index (κ1) is 20.4. The Morgan fingerprint density at radius 2 is 1.83 bits per heavy atom. The zero-order valence-electron chi connectivity index (χ0n) is 18.5. The molecule has 0 amide bonds. The van der Waals surface area contributed by atoms with Crippen LogP contribution in [-0.2, 0) is 6.42 Å². The van der Waals surface area contributed by atoms with Crippen molar-refractivity contribution in [3.63, 3.8) is 0 Å². The number of hydrogen-bond donors (Lipinski definition) is 0. The summed E-state index contributed by atoms with van der Waals surface area (Å²) in [7, 11) is 0. The van der Waals surface area contributed by atoms with Gasteiger partial charge in [-0.1, -0.05) is 53.8 Å². The molecule has 0 saturated heterocycles. The van der Waals surface area contributed by atoms with Gasteiger partial charge < -0.3 is 9.47 Å². The molecule has 7 rings (SSSR count). The van der Waals surface area contributed by atoms with Gasteiger partial charge in [0.15, 0.2) is 16.3 Å². The highest BCUT2D eigenvalue weighted by Crippen LogP contribution is 2.41. The van der Waals surface area contributed by atoms with Gasteiger partial charge in [0.05, 0.1) is 16.3 Å². The van der Waals surface area contributed by atoms with Crippen molar-refractivity contribution in [2.24, 2.45) is 4.99 Å². The molecule has 0 fully saturated rings. The van der Waals surface area contributed by atoms with E-state index in [1.807, 2.05) is 36.4 Å². The van der Waals surface area contributed by atoms with E-state index < -0.39 is 0 Å². The monoisotopic (exact) mass is 482 g/mol. The third kappa shape index (κ3) is 3.26. The van der Waals surface area contributed by atoms with Crippen LogP contribution in [0.4, 0.5) is 4.39 Å². The van der Waals surface area contributed by atoms with Crippen LogP contribution in [-0.4, -0.2) is 11.4 Å². The van der Waals surface area contributed by atoms with Crippen molar-refractivity contribution in [1.29, 1.82) is 0 Å². The summed E-state index contributed by atoms with van der Waals surface area (Å²) in [6.45, 7) is 0.200. The fraction of sp³-hybridized carbons (Fsp3) is 0.143. The molecule has 3 heterocycles. The fourth-order valence-corrected chi connectivity index (χ4v) is 6.12. The van der Waals surface area contributed by atoms with Crippen LogP contribution in [0.5, 0.6) is 11.5 Å². The van der Waals surface area contributed by atoms with E-state index in [-0.39, 0.29) is 24.2 Å². The summed E-state index contributed by atoms with van der Waals surface area (Å²) in [5.74, 6) is 1.07. The number of rotatable bonds is 2. The van der Waals surface area contributed by atoms with Gasteiger partial charge >= 0.3 is 0 Å². The van der Waals surface area contributed by atoms with E-state index in [4.69, 9.17) is 14.5 Å². The first-order chi connectivity index (χ1) is 17.2. The Hall–Kier alpha value is -3.97. The minimum atomic E-state index is -0.325. The molecule has 1 aromatic heterocycles. The molecule has 0 N–H and O–H groups in total. The van der Waals surface area contributed by atoms with Gasteiger partial charge in [0, 0.05) is 5.56 Å². The van der Waals surface area contributed by atoms with Gasteiger partial charge in [-0.2, -0.15) is 0 Å². The number of fused-ring (bicyclic) bond motifs is 4. The standard InChI is InChI=1S/C28H19FN2O3S/c29-19-9-6-18(7-10-19)26-21-11-8-17-3-1-2-4-20(17)25(21)30-28-31(26)27(32)24(35-28)14-16-5-12-22-23(13-16)34-15-33-22/h1-7,9-10,12-14,26H,8,11,15H2/b24-14+/t26-/m0/s1. The van der Waals surface area contributed by atoms with Gasteiger partial charge in [-0.3, -0.25) is 9.36 Å². The third-order valence-electron chi connectivity index (χ3n) is 6.75. The molecule has 0 spiro atoms. The average molecular weight is 483 g/mol. The molecule has 2 aliphatic heterocycles. The van der Waals surface area contributed by atoms with E-state index >= 15 is 0 Å². The highest BCUT2D eigenvalue weighted by atomic mass is 32.1. The summed E-state index contributed by atoms with van der Waals surface area (Å²) < 4.78 is 27.0. The second-order valence-electron chi connectivity index (χ2n) is 8.78. The second-order valence-corrected chi connectivity index (χ2v) is 9.79. The Kier molecular flexibility index (Phi) is 4.54. The zero-order valence-corrected chi connectivity index (χ0v) is 19.3. The molecule has 5 nitrogen and oxygen atoms in total. The number of ether oxygens (including phenoxy) is 2. The maximum atomic E-state index is 13.8. The molecule has 172 valence electrons. The predicted octanol–water partition coefficient (Wildman–Crippen LogP) is 4.19. The minimum Gasteiger partial charge on any atom is -0.454 e. The first-order valence-electron chi connectivity index (χ1n) is 11.4. The Bertz CT molecular complexity index is 1720. The lowest BCUT2D eigenvalue weighted by molar-refractivity contribution is 0.174. The Balaban J connectivity index is 1.46. The number of benzene rings is 3. The van der Waals surface area contributed by atoms with E-state index in [9.17, 15) is 9.18 Å². The molecule has 35 heavy (non-hydrogen) atoms. The highest BCUT2D eigenvalue weighted by molar-refractivity contribution is 7.07. The number of aromatic nitrogens is 1. The quantitative estimate of drug-likeness (QED) is 0.431. The maximum absolute atomic E-state index is 13.8. The first-order valence-corrected chi connectivity index (χ1v) is 12.3. The molecule has 3 aliphatic rings. The largest absolute Gasteiger partial charge is 0.454 e. The van der Waals surface area contributed by atoms with E-state index in [1.165, 1.54) is 29.0 Å². The van der Waals surface area contributed by atoms with Crippen molar-refractivity contribution in [1.82, 2.24) is 4.57 Å². The van der Waals surface area contributed by atoms with Crippen LogP contribution in [0, 0.1) is 5.82 Å². The smallest absolute Gasteiger partial charge is 0.271 e.